The third-order valence-electron chi connectivity index (χ3n) is 2.51. The van der Waals surface area contributed by atoms with Crippen molar-refractivity contribution >= 4 is 5.91 Å². The molecule has 1 heterocycles. The van der Waals surface area contributed by atoms with Crippen molar-refractivity contribution in [2.45, 2.75) is 6.92 Å². The molecule has 0 spiro atoms. The Bertz CT molecular complexity index is 418. The molecular formula is C12H12FNO. The number of amides is 1. The van der Waals surface area contributed by atoms with E-state index in [0.29, 0.717) is 24.2 Å². The fraction of sp³-hybridized carbons (Fsp3) is 0.250. The summed E-state index contributed by atoms with van der Waals surface area (Å²) >= 11 is 0. The molecule has 0 atom stereocenters. The molecule has 0 aromatic heterocycles. The van der Waals surface area contributed by atoms with Crippen molar-refractivity contribution in [3.8, 4) is 0 Å². The second-order valence-corrected chi connectivity index (χ2v) is 3.65. The highest BCUT2D eigenvalue weighted by Gasteiger charge is 2.16. The van der Waals surface area contributed by atoms with Gasteiger partial charge in [0.05, 0.1) is 0 Å². The highest BCUT2D eigenvalue weighted by Crippen LogP contribution is 2.13. The number of nitrogens with zero attached hydrogens (tertiary/aromatic N) is 1. The van der Waals surface area contributed by atoms with Gasteiger partial charge in [0.2, 0.25) is 0 Å². The maximum atomic E-state index is 13.0. The van der Waals surface area contributed by atoms with Gasteiger partial charge in [0, 0.05) is 18.7 Å². The van der Waals surface area contributed by atoms with E-state index >= 15 is 0 Å². The number of benzene rings is 1. The lowest BCUT2D eigenvalue weighted by Gasteiger charge is -2.15. The van der Waals surface area contributed by atoms with Gasteiger partial charge in [0.25, 0.3) is 5.91 Å². The van der Waals surface area contributed by atoms with E-state index < -0.39 is 0 Å². The minimum absolute atomic E-state index is 0.0388. The van der Waals surface area contributed by atoms with Crippen LogP contribution in [0, 0.1) is 12.7 Å². The third kappa shape index (κ3) is 1.91. The minimum atomic E-state index is -0.272. The average molecular weight is 205 g/mol. The van der Waals surface area contributed by atoms with Crippen LogP contribution < -0.4 is 0 Å². The van der Waals surface area contributed by atoms with Gasteiger partial charge in [-0.1, -0.05) is 12.2 Å². The van der Waals surface area contributed by atoms with Crippen LogP contribution in [0.4, 0.5) is 4.39 Å². The quantitative estimate of drug-likeness (QED) is 0.643. The maximum absolute atomic E-state index is 13.0. The van der Waals surface area contributed by atoms with E-state index in [9.17, 15) is 9.18 Å². The predicted molar refractivity (Wildman–Crippen MR) is 56.2 cm³/mol. The molecule has 0 N–H and O–H groups in total. The van der Waals surface area contributed by atoms with Gasteiger partial charge < -0.3 is 4.90 Å². The smallest absolute Gasteiger partial charge is 0.254 e. The zero-order valence-electron chi connectivity index (χ0n) is 8.53. The van der Waals surface area contributed by atoms with E-state index in [1.54, 1.807) is 17.9 Å². The first kappa shape index (κ1) is 9.90. The lowest BCUT2D eigenvalue weighted by atomic mass is 10.1. The van der Waals surface area contributed by atoms with Gasteiger partial charge in [-0.2, -0.15) is 0 Å². The van der Waals surface area contributed by atoms with E-state index in [2.05, 4.69) is 0 Å². The van der Waals surface area contributed by atoms with E-state index in [-0.39, 0.29) is 11.7 Å². The molecule has 1 aromatic carbocycles. The van der Waals surface area contributed by atoms with Crippen LogP contribution in [0.2, 0.25) is 0 Å². The van der Waals surface area contributed by atoms with Crippen LogP contribution >= 0.6 is 0 Å². The van der Waals surface area contributed by atoms with Crippen LogP contribution in [0.1, 0.15) is 15.9 Å². The zero-order chi connectivity index (χ0) is 10.8. The van der Waals surface area contributed by atoms with Gasteiger partial charge >= 0.3 is 0 Å². The fourth-order valence-electron chi connectivity index (χ4n) is 1.60. The number of halogens is 1. The topological polar surface area (TPSA) is 20.3 Å². The second-order valence-electron chi connectivity index (χ2n) is 3.65. The number of carbonyl (C=O) groups is 1. The lowest BCUT2D eigenvalue weighted by molar-refractivity contribution is 0.0800. The van der Waals surface area contributed by atoms with Crippen LogP contribution in [0.15, 0.2) is 30.4 Å². The highest BCUT2D eigenvalue weighted by atomic mass is 19.1. The summed E-state index contributed by atoms with van der Waals surface area (Å²) < 4.78 is 13.0. The molecule has 0 fully saturated rings. The summed E-state index contributed by atoms with van der Waals surface area (Å²) in [6.45, 7) is 2.96. The van der Waals surface area contributed by atoms with Crippen LogP contribution in [-0.2, 0) is 0 Å². The average Bonchev–Trinajstić information content (AvgIpc) is 2.74. The Morgan fingerprint density at radius 1 is 1.33 bits per heavy atom. The summed E-state index contributed by atoms with van der Waals surface area (Å²) in [4.78, 5) is 13.6. The van der Waals surface area contributed by atoms with Gasteiger partial charge in [-0.05, 0) is 30.7 Å². The van der Waals surface area contributed by atoms with Gasteiger partial charge in [-0.25, -0.2) is 4.39 Å². The molecule has 0 bridgehead atoms. The van der Waals surface area contributed by atoms with E-state index in [1.807, 2.05) is 12.2 Å². The monoisotopic (exact) mass is 205 g/mol. The van der Waals surface area contributed by atoms with Crippen molar-refractivity contribution in [2.75, 3.05) is 13.1 Å². The summed E-state index contributed by atoms with van der Waals surface area (Å²) in [7, 11) is 0. The van der Waals surface area contributed by atoms with Crippen molar-refractivity contribution in [3.63, 3.8) is 0 Å². The molecular weight excluding hydrogens is 193 g/mol. The molecule has 2 rings (SSSR count). The standard InChI is InChI=1S/C12H12FNO/c1-9-8-10(4-5-11(9)13)12(15)14-6-2-3-7-14/h2-5,8H,6-7H2,1H3. The molecule has 1 aliphatic heterocycles. The Balaban J connectivity index is 2.22. The summed E-state index contributed by atoms with van der Waals surface area (Å²) in [6.07, 6.45) is 3.91. The normalized spacial score (nSPS) is 14.7. The number of aryl methyl sites for hydroxylation is 1. The van der Waals surface area contributed by atoms with Gasteiger partial charge in [0.1, 0.15) is 5.82 Å². The molecule has 1 aromatic rings. The van der Waals surface area contributed by atoms with Gasteiger partial charge in [0.15, 0.2) is 0 Å². The maximum Gasteiger partial charge on any atom is 0.254 e. The molecule has 1 aliphatic rings. The lowest BCUT2D eigenvalue weighted by Crippen LogP contribution is -2.28. The van der Waals surface area contributed by atoms with Crippen molar-refractivity contribution in [2.24, 2.45) is 0 Å². The van der Waals surface area contributed by atoms with E-state index in [1.165, 1.54) is 12.1 Å². The molecule has 0 saturated heterocycles. The summed E-state index contributed by atoms with van der Waals surface area (Å²) in [6, 6.07) is 4.46. The van der Waals surface area contributed by atoms with Crippen molar-refractivity contribution in [1.29, 1.82) is 0 Å². The first-order chi connectivity index (χ1) is 7.18. The zero-order valence-corrected chi connectivity index (χ0v) is 8.53. The summed E-state index contributed by atoms with van der Waals surface area (Å²) in [5, 5.41) is 0. The minimum Gasteiger partial charge on any atom is -0.331 e. The molecule has 3 heteroatoms. The largest absolute Gasteiger partial charge is 0.331 e. The molecule has 15 heavy (non-hydrogen) atoms. The SMILES string of the molecule is Cc1cc(C(=O)N2CC=CC2)ccc1F. The second kappa shape index (κ2) is 3.85. The molecule has 78 valence electrons. The molecule has 0 saturated carbocycles. The molecule has 1 amide bonds. The molecule has 2 nitrogen and oxygen atoms in total. The van der Waals surface area contributed by atoms with Crippen molar-refractivity contribution in [3.05, 3.63) is 47.3 Å². The molecule has 0 radical (unpaired) electrons. The Hall–Kier alpha value is -1.64. The van der Waals surface area contributed by atoms with Gasteiger partial charge in [-0.3, -0.25) is 4.79 Å². The number of rotatable bonds is 1. The molecule has 0 aliphatic carbocycles. The summed E-state index contributed by atoms with van der Waals surface area (Å²) in [5.74, 6) is -0.311. The van der Waals surface area contributed by atoms with Crippen molar-refractivity contribution in [1.82, 2.24) is 4.90 Å². The fourth-order valence-corrected chi connectivity index (χ4v) is 1.60. The Kier molecular flexibility index (Phi) is 2.54. The van der Waals surface area contributed by atoms with Crippen LogP contribution in [0.3, 0.4) is 0 Å². The summed E-state index contributed by atoms with van der Waals surface area (Å²) in [5.41, 5.74) is 1.06. The number of hydrogen-bond donors (Lipinski definition) is 0. The number of carbonyl (C=O) groups excluding carboxylic acids is 1. The predicted octanol–water partition coefficient (Wildman–Crippen LogP) is 2.15. The van der Waals surface area contributed by atoms with Gasteiger partial charge in [-0.15, -0.1) is 0 Å². The Morgan fingerprint density at radius 2 is 2.00 bits per heavy atom. The number of hydrogen-bond acceptors (Lipinski definition) is 1. The Labute approximate surface area is 88.0 Å². The Morgan fingerprint density at radius 3 is 2.60 bits per heavy atom. The van der Waals surface area contributed by atoms with Crippen molar-refractivity contribution < 1.29 is 9.18 Å². The first-order valence-electron chi connectivity index (χ1n) is 4.89. The molecule has 0 unspecified atom stereocenters. The highest BCUT2D eigenvalue weighted by molar-refractivity contribution is 5.94. The first-order valence-corrected chi connectivity index (χ1v) is 4.89. The van der Waals surface area contributed by atoms with E-state index in [0.717, 1.165) is 0 Å². The van der Waals surface area contributed by atoms with Crippen LogP contribution in [0.5, 0.6) is 0 Å². The third-order valence-corrected chi connectivity index (χ3v) is 2.51. The van der Waals surface area contributed by atoms with E-state index in [4.69, 9.17) is 0 Å². The van der Waals surface area contributed by atoms with Crippen LogP contribution in [0.25, 0.3) is 0 Å². The van der Waals surface area contributed by atoms with Crippen LogP contribution in [-0.4, -0.2) is 23.9 Å².